The van der Waals surface area contributed by atoms with Gasteiger partial charge in [-0.1, -0.05) is 0 Å². The quantitative estimate of drug-likeness (QED) is 0.843. The molecule has 1 atom stereocenters. The number of thiophene rings is 1. The highest BCUT2D eigenvalue weighted by atomic mass is 32.2. The van der Waals surface area contributed by atoms with Crippen molar-refractivity contribution in [1.82, 2.24) is 18.5 Å². The molecule has 26 heavy (non-hydrogen) atoms. The fourth-order valence-electron chi connectivity index (χ4n) is 3.08. The Morgan fingerprint density at radius 2 is 2.00 bits per heavy atom. The van der Waals surface area contributed by atoms with Gasteiger partial charge >= 0.3 is 0 Å². The molecule has 8 nitrogen and oxygen atoms in total. The van der Waals surface area contributed by atoms with E-state index in [1.807, 2.05) is 12.1 Å². The van der Waals surface area contributed by atoms with Crippen LogP contribution in [-0.4, -0.2) is 67.6 Å². The van der Waals surface area contributed by atoms with E-state index in [0.717, 1.165) is 18.2 Å². The second-order valence-corrected chi connectivity index (χ2v) is 9.79. The van der Waals surface area contributed by atoms with Gasteiger partial charge in [0.05, 0.1) is 17.4 Å². The van der Waals surface area contributed by atoms with Gasteiger partial charge in [-0.25, -0.2) is 4.98 Å². The molecule has 0 aromatic carbocycles. The van der Waals surface area contributed by atoms with E-state index in [1.165, 1.54) is 38.9 Å². The zero-order chi connectivity index (χ0) is 19.2. The number of rotatable bonds is 4. The van der Waals surface area contributed by atoms with Crippen LogP contribution in [0.15, 0.2) is 12.1 Å². The van der Waals surface area contributed by atoms with Crippen molar-refractivity contribution >= 4 is 43.4 Å². The van der Waals surface area contributed by atoms with Crippen molar-refractivity contribution < 1.29 is 13.2 Å². The zero-order valence-electron chi connectivity index (χ0n) is 15.3. The smallest absolute Gasteiger partial charge is 0.282 e. The van der Waals surface area contributed by atoms with Crippen LogP contribution in [0.25, 0.3) is 10.2 Å². The Morgan fingerprint density at radius 1 is 1.31 bits per heavy atom. The number of nitrogens with two attached hydrogens (primary N) is 1. The zero-order valence-corrected chi connectivity index (χ0v) is 16.9. The van der Waals surface area contributed by atoms with Gasteiger partial charge in [-0.15, -0.1) is 11.3 Å². The van der Waals surface area contributed by atoms with Gasteiger partial charge in [-0.3, -0.25) is 4.79 Å². The Kier molecular flexibility index (Phi) is 4.95. The van der Waals surface area contributed by atoms with Crippen LogP contribution in [0, 0.1) is 0 Å². The summed E-state index contributed by atoms with van der Waals surface area (Å²) >= 11 is 1.24. The van der Waals surface area contributed by atoms with Gasteiger partial charge in [-0.05, 0) is 25.0 Å². The maximum Gasteiger partial charge on any atom is 0.282 e. The van der Waals surface area contributed by atoms with Crippen molar-refractivity contribution in [3.63, 3.8) is 0 Å². The summed E-state index contributed by atoms with van der Waals surface area (Å²) in [6.45, 7) is 0.474. The number of fused-ring (bicyclic) bond motifs is 1. The summed E-state index contributed by atoms with van der Waals surface area (Å²) < 4.78 is 27.8. The molecule has 0 aliphatic carbocycles. The fourth-order valence-corrected chi connectivity index (χ4v) is 5.52. The van der Waals surface area contributed by atoms with E-state index in [1.54, 1.807) is 14.1 Å². The minimum atomic E-state index is -3.51. The lowest BCUT2D eigenvalue weighted by molar-refractivity contribution is 0.0833. The van der Waals surface area contributed by atoms with Crippen molar-refractivity contribution in [2.24, 2.45) is 0 Å². The van der Waals surface area contributed by atoms with Crippen molar-refractivity contribution in [3.05, 3.63) is 22.7 Å². The van der Waals surface area contributed by atoms with Crippen molar-refractivity contribution in [1.29, 1.82) is 0 Å². The van der Waals surface area contributed by atoms with Gasteiger partial charge in [0.2, 0.25) is 0 Å². The van der Waals surface area contributed by atoms with E-state index in [2.05, 4.69) is 4.98 Å². The lowest BCUT2D eigenvalue weighted by Crippen LogP contribution is -2.39. The first-order valence-electron chi connectivity index (χ1n) is 8.24. The molecule has 2 N–H and O–H groups in total. The summed E-state index contributed by atoms with van der Waals surface area (Å²) in [4.78, 5) is 19.5. The number of carbonyl (C=O) groups is 1. The van der Waals surface area contributed by atoms with Crippen LogP contribution in [0.3, 0.4) is 0 Å². The van der Waals surface area contributed by atoms with Crippen LogP contribution in [0.5, 0.6) is 0 Å². The van der Waals surface area contributed by atoms with E-state index in [9.17, 15) is 13.2 Å². The predicted molar refractivity (Wildman–Crippen MR) is 103 cm³/mol. The number of nitrogen functional groups attached to an aromatic ring is 1. The molecule has 0 bridgehead atoms. The molecule has 2 aromatic rings. The highest BCUT2D eigenvalue weighted by Gasteiger charge is 2.37. The van der Waals surface area contributed by atoms with E-state index in [4.69, 9.17) is 5.73 Å². The SMILES string of the molecule is CN(C)C(=O)c1sc2nc([C@H]3CCCN3S(=O)(=O)N(C)C)ccc2c1N. The molecule has 0 unspecified atom stereocenters. The molecule has 2 aromatic heterocycles. The molecular formula is C16H23N5O3S2. The van der Waals surface area contributed by atoms with Crippen LogP contribution in [0.2, 0.25) is 0 Å². The number of nitrogens with zero attached hydrogens (tertiary/aromatic N) is 4. The van der Waals surface area contributed by atoms with Crippen LogP contribution >= 0.6 is 11.3 Å². The van der Waals surface area contributed by atoms with Crippen molar-refractivity contribution in [2.75, 3.05) is 40.5 Å². The number of anilines is 1. The number of pyridine rings is 1. The lowest BCUT2D eigenvalue weighted by atomic mass is 10.1. The van der Waals surface area contributed by atoms with Crippen LogP contribution in [0.4, 0.5) is 5.69 Å². The molecule has 3 rings (SSSR count). The van der Waals surface area contributed by atoms with Crippen molar-refractivity contribution in [2.45, 2.75) is 18.9 Å². The van der Waals surface area contributed by atoms with Gasteiger partial charge in [-0.2, -0.15) is 17.0 Å². The highest BCUT2D eigenvalue weighted by molar-refractivity contribution is 7.86. The normalized spacial score (nSPS) is 18.7. The topological polar surface area (TPSA) is 99.8 Å². The van der Waals surface area contributed by atoms with Crippen molar-refractivity contribution in [3.8, 4) is 0 Å². The molecule has 0 radical (unpaired) electrons. The number of amides is 1. The highest BCUT2D eigenvalue weighted by Crippen LogP contribution is 2.38. The molecule has 1 saturated heterocycles. The van der Waals surface area contributed by atoms with E-state index in [-0.39, 0.29) is 11.9 Å². The Hall–Kier alpha value is -1.75. The maximum atomic E-state index is 12.6. The molecular weight excluding hydrogens is 374 g/mol. The average Bonchev–Trinajstić information content (AvgIpc) is 3.19. The average molecular weight is 398 g/mol. The standard InChI is InChI=1S/C16H23N5O3S2/c1-19(2)16(22)14-13(17)10-7-8-11(18-15(10)25-14)12-6-5-9-21(12)26(23,24)20(3)4/h7-8,12H,5-6,9,17H2,1-4H3/t12-/m1/s1. The Morgan fingerprint density at radius 3 is 2.62 bits per heavy atom. The second-order valence-electron chi connectivity index (χ2n) is 6.69. The third-order valence-corrected chi connectivity index (χ3v) is 7.57. The summed E-state index contributed by atoms with van der Waals surface area (Å²) in [6, 6.07) is 3.33. The molecule has 1 aliphatic rings. The summed E-state index contributed by atoms with van der Waals surface area (Å²) in [6.07, 6.45) is 1.50. The second kappa shape index (κ2) is 6.76. The van der Waals surface area contributed by atoms with E-state index in [0.29, 0.717) is 27.6 Å². The molecule has 3 heterocycles. The monoisotopic (exact) mass is 397 g/mol. The van der Waals surface area contributed by atoms with E-state index >= 15 is 0 Å². The Labute approximate surface area is 157 Å². The number of aromatic nitrogens is 1. The van der Waals surface area contributed by atoms with Gasteiger partial charge in [0.25, 0.3) is 16.1 Å². The number of hydrogen-bond donors (Lipinski definition) is 1. The Bertz CT molecular complexity index is 952. The fraction of sp³-hybridized carbons (Fsp3) is 0.500. The molecule has 1 amide bonds. The van der Waals surface area contributed by atoms with Gasteiger partial charge in [0.1, 0.15) is 9.71 Å². The first-order valence-corrected chi connectivity index (χ1v) is 10.5. The third kappa shape index (κ3) is 3.07. The van der Waals surface area contributed by atoms with Crippen LogP contribution in [0.1, 0.15) is 34.2 Å². The molecule has 0 saturated carbocycles. The molecule has 1 fully saturated rings. The van der Waals surface area contributed by atoms with E-state index < -0.39 is 10.2 Å². The molecule has 10 heteroatoms. The number of carbonyl (C=O) groups excluding carboxylic acids is 1. The molecule has 1 aliphatic heterocycles. The lowest BCUT2D eigenvalue weighted by Gasteiger charge is -2.26. The third-order valence-electron chi connectivity index (χ3n) is 4.52. The van der Waals surface area contributed by atoms with Gasteiger partial charge in [0.15, 0.2) is 0 Å². The van der Waals surface area contributed by atoms with Gasteiger partial charge in [0, 0.05) is 40.1 Å². The first kappa shape index (κ1) is 19.0. The summed E-state index contributed by atoms with van der Waals surface area (Å²) in [7, 11) is 2.89. The summed E-state index contributed by atoms with van der Waals surface area (Å²) in [5, 5.41) is 0.726. The largest absolute Gasteiger partial charge is 0.397 e. The number of hydrogen-bond acceptors (Lipinski definition) is 6. The van der Waals surface area contributed by atoms with Gasteiger partial charge < -0.3 is 10.6 Å². The molecule has 0 spiro atoms. The van der Waals surface area contributed by atoms with Crippen LogP contribution < -0.4 is 5.73 Å². The minimum Gasteiger partial charge on any atom is -0.397 e. The predicted octanol–water partition coefficient (Wildman–Crippen LogP) is 1.52. The summed E-state index contributed by atoms with van der Waals surface area (Å²) in [5.74, 6) is -0.162. The Balaban J connectivity index is 2.03. The first-order chi connectivity index (χ1) is 12.1. The molecule has 142 valence electrons. The summed E-state index contributed by atoms with van der Waals surface area (Å²) in [5.41, 5.74) is 7.24. The minimum absolute atomic E-state index is 0.162. The maximum absolute atomic E-state index is 12.6. The van der Waals surface area contributed by atoms with Crippen LogP contribution in [-0.2, 0) is 10.2 Å².